The quantitative estimate of drug-likeness (QED) is 0.553. The highest BCUT2D eigenvalue weighted by Gasteiger charge is 2.07. The second-order valence-electron chi connectivity index (χ2n) is 2.75. The van der Waals surface area contributed by atoms with Crippen molar-refractivity contribution in [1.82, 2.24) is 9.97 Å². The maximum Gasteiger partial charge on any atom is 0.225 e. The van der Waals surface area contributed by atoms with Gasteiger partial charge >= 0.3 is 0 Å². The molecule has 0 bridgehead atoms. The number of aliphatic hydroxyl groups is 2. The van der Waals surface area contributed by atoms with Gasteiger partial charge in [-0.05, 0) is 0 Å². The van der Waals surface area contributed by atoms with E-state index in [4.69, 9.17) is 15.9 Å². The first-order chi connectivity index (χ1) is 6.77. The molecule has 0 amide bonds. The van der Waals surface area contributed by atoms with E-state index in [1.165, 1.54) is 12.4 Å². The van der Waals surface area contributed by atoms with Crippen LogP contribution in [0.1, 0.15) is 0 Å². The Morgan fingerprint density at radius 2 is 1.64 bits per heavy atom. The number of aromatic nitrogens is 2. The number of nitrogens with zero attached hydrogens (tertiary/aromatic N) is 3. The summed E-state index contributed by atoms with van der Waals surface area (Å²) in [6, 6.07) is 0. The summed E-state index contributed by atoms with van der Waals surface area (Å²) in [4.78, 5) is 9.65. The molecular weight excluding hydrogens is 184 g/mol. The van der Waals surface area contributed by atoms with Crippen LogP contribution in [0.15, 0.2) is 12.4 Å². The maximum absolute atomic E-state index is 8.78. The Morgan fingerprint density at radius 3 is 2.07 bits per heavy atom. The molecule has 0 aromatic carbocycles. The highest BCUT2D eigenvalue weighted by molar-refractivity contribution is 5.37. The third-order valence-electron chi connectivity index (χ3n) is 1.68. The number of aliphatic hydroxyl groups excluding tert-OH is 2. The van der Waals surface area contributed by atoms with Gasteiger partial charge in [0.25, 0.3) is 0 Å². The molecule has 14 heavy (non-hydrogen) atoms. The standard InChI is InChI=1S/C8H14N4O2/c9-7-5-10-8(11-6-7)12(1-3-13)2-4-14/h5-6,13-14H,1-4,9H2. The Labute approximate surface area is 82.0 Å². The van der Waals surface area contributed by atoms with Crippen molar-refractivity contribution in [2.45, 2.75) is 0 Å². The Hall–Kier alpha value is -1.40. The van der Waals surface area contributed by atoms with Gasteiger partial charge in [-0.25, -0.2) is 9.97 Å². The molecule has 1 heterocycles. The normalized spacial score (nSPS) is 10.1. The number of nitrogens with two attached hydrogens (primary N) is 1. The van der Waals surface area contributed by atoms with Crippen molar-refractivity contribution in [2.75, 3.05) is 36.9 Å². The maximum atomic E-state index is 8.78. The molecule has 0 unspecified atom stereocenters. The number of nitrogen functional groups attached to an aromatic ring is 1. The number of rotatable bonds is 5. The average molecular weight is 198 g/mol. The molecule has 1 rings (SSSR count). The molecule has 0 radical (unpaired) electrons. The van der Waals surface area contributed by atoms with E-state index in [2.05, 4.69) is 9.97 Å². The van der Waals surface area contributed by atoms with E-state index in [0.29, 0.717) is 24.7 Å². The third kappa shape index (κ3) is 2.82. The van der Waals surface area contributed by atoms with Crippen LogP contribution in [-0.4, -0.2) is 46.5 Å². The molecule has 0 atom stereocenters. The Bertz CT molecular complexity index is 259. The molecule has 0 spiro atoms. The van der Waals surface area contributed by atoms with Crippen LogP contribution < -0.4 is 10.6 Å². The monoisotopic (exact) mass is 198 g/mol. The summed E-state index contributed by atoms with van der Waals surface area (Å²) in [7, 11) is 0. The first kappa shape index (κ1) is 10.7. The van der Waals surface area contributed by atoms with Crippen LogP contribution >= 0.6 is 0 Å². The van der Waals surface area contributed by atoms with E-state index in [-0.39, 0.29) is 13.2 Å². The van der Waals surface area contributed by atoms with Crippen molar-refractivity contribution in [1.29, 1.82) is 0 Å². The van der Waals surface area contributed by atoms with E-state index < -0.39 is 0 Å². The molecule has 0 aliphatic carbocycles. The van der Waals surface area contributed by atoms with Crippen LogP contribution in [0.2, 0.25) is 0 Å². The first-order valence-corrected chi connectivity index (χ1v) is 4.32. The summed E-state index contributed by atoms with van der Waals surface area (Å²) < 4.78 is 0. The molecular formula is C8H14N4O2. The average Bonchev–Trinajstić information content (AvgIpc) is 2.19. The van der Waals surface area contributed by atoms with Crippen molar-refractivity contribution < 1.29 is 10.2 Å². The lowest BCUT2D eigenvalue weighted by Crippen LogP contribution is -2.31. The zero-order valence-corrected chi connectivity index (χ0v) is 7.80. The molecule has 0 saturated carbocycles. The fourth-order valence-corrected chi connectivity index (χ4v) is 1.05. The molecule has 0 saturated heterocycles. The zero-order valence-electron chi connectivity index (χ0n) is 7.80. The summed E-state index contributed by atoms with van der Waals surface area (Å²) in [5.41, 5.74) is 5.92. The smallest absolute Gasteiger partial charge is 0.225 e. The second-order valence-corrected chi connectivity index (χ2v) is 2.75. The highest BCUT2D eigenvalue weighted by Crippen LogP contribution is 2.06. The Morgan fingerprint density at radius 1 is 1.14 bits per heavy atom. The molecule has 0 aliphatic rings. The lowest BCUT2D eigenvalue weighted by molar-refractivity contribution is 0.280. The van der Waals surface area contributed by atoms with Crippen LogP contribution in [0.25, 0.3) is 0 Å². The summed E-state index contributed by atoms with van der Waals surface area (Å²) >= 11 is 0. The zero-order chi connectivity index (χ0) is 10.4. The fourth-order valence-electron chi connectivity index (χ4n) is 1.05. The summed E-state index contributed by atoms with van der Waals surface area (Å²) in [6.45, 7) is 0.774. The van der Waals surface area contributed by atoms with Gasteiger partial charge in [0, 0.05) is 13.1 Å². The number of hydrogen-bond donors (Lipinski definition) is 3. The fraction of sp³-hybridized carbons (Fsp3) is 0.500. The Balaban J connectivity index is 2.71. The van der Waals surface area contributed by atoms with Gasteiger partial charge in [0.05, 0.1) is 31.3 Å². The summed E-state index contributed by atoms with van der Waals surface area (Å²) in [5, 5.41) is 17.6. The largest absolute Gasteiger partial charge is 0.396 e. The van der Waals surface area contributed by atoms with Crippen LogP contribution in [-0.2, 0) is 0 Å². The van der Waals surface area contributed by atoms with Crippen LogP contribution in [0.3, 0.4) is 0 Å². The predicted molar refractivity (Wildman–Crippen MR) is 52.8 cm³/mol. The highest BCUT2D eigenvalue weighted by atomic mass is 16.3. The summed E-state index contributed by atoms with van der Waals surface area (Å²) in [6.07, 6.45) is 2.98. The van der Waals surface area contributed by atoms with Crippen LogP contribution in [0, 0.1) is 0 Å². The van der Waals surface area contributed by atoms with Crippen molar-refractivity contribution in [3.8, 4) is 0 Å². The Kier molecular flexibility index (Phi) is 4.09. The van der Waals surface area contributed by atoms with E-state index >= 15 is 0 Å². The number of anilines is 2. The van der Waals surface area contributed by atoms with E-state index in [1.54, 1.807) is 4.90 Å². The topological polar surface area (TPSA) is 95.5 Å². The SMILES string of the molecule is Nc1cnc(N(CCO)CCO)nc1. The summed E-state index contributed by atoms with van der Waals surface area (Å²) in [5.74, 6) is 0.460. The van der Waals surface area contributed by atoms with E-state index in [1.807, 2.05) is 0 Å². The lowest BCUT2D eigenvalue weighted by atomic mass is 10.5. The molecule has 0 fully saturated rings. The van der Waals surface area contributed by atoms with Gasteiger partial charge in [0.2, 0.25) is 5.95 Å². The van der Waals surface area contributed by atoms with E-state index in [9.17, 15) is 0 Å². The van der Waals surface area contributed by atoms with Gasteiger partial charge < -0.3 is 20.8 Å². The molecule has 1 aromatic heterocycles. The van der Waals surface area contributed by atoms with Gasteiger partial charge in [0.15, 0.2) is 0 Å². The van der Waals surface area contributed by atoms with Crippen LogP contribution in [0.5, 0.6) is 0 Å². The van der Waals surface area contributed by atoms with Crippen molar-refractivity contribution in [2.24, 2.45) is 0 Å². The van der Waals surface area contributed by atoms with Crippen molar-refractivity contribution >= 4 is 11.6 Å². The third-order valence-corrected chi connectivity index (χ3v) is 1.68. The minimum absolute atomic E-state index is 0.00621. The molecule has 4 N–H and O–H groups in total. The molecule has 6 heteroatoms. The van der Waals surface area contributed by atoms with Gasteiger partial charge in [-0.2, -0.15) is 0 Å². The lowest BCUT2D eigenvalue weighted by Gasteiger charge is -2.19. The van der Waals surface area contributed by atoms with Gasteiger partial charge in [-0.1, -0.05) is 0 Å². The van der Waals surface area contributed by atoms with Gasteiger partial charge in [-0.15, -0.1) is 0 Å². The molecule has 78 valence electrons. The minimum atomic E-state index is -0.00621. The predicted octanol–water partition coefficient (Wildman–Crippen LogP) is -1.15. The minimum Gasteiger partial charge on any atom is -0.396 e. The number of hydrogen-bond acceptors (Lipinski definition) is 6. The van der Waals surface area contributed by atoms with Gasteiger partial charge in [0.1, 0.15) is 0 Å². The van der Waals surface area contributed by atoms with Gasteiger partial charge in [-0.3, -0.25) is 0 Å². The van der Waals surface area contributed by atoms with Crippen molar-refractivity contribution in [3.63, 3.8) is 0 Å². The molecule has 6 nitrogen and oxygen atoms in total. The molecule has 0 aliphatic heterocycles. The molecule has 1 aromatic rings. The van der Waals surface area contributed by atoms with Crippen LogP contribution in [0.4, 0.5) is 11.6 Å². The van der Waals surface area contributed by atoms with Crippen molar-refractivity contribution in [3.05, 3.63) is 12.4 Å². The van der Waals surface area contributed by atoms with E-state index in [0.717, 1.165) is 0 Å². The second kappa shape index (κ2) is 5.36. The first-order valence-electron chi connectivity index (χ1n) is 4.32.